The topological polar surface area (TPSA) is 106 Å². The Labute approximate surface area is 117 Å². The number of nitrogens with zero attached hydrogens (tertiary/aromatic N) is 1. The van der Waals surface area contributed by atoms with Gasteiger partial charge in [0.2, 0.25) is 0 Å². The van der Waals surface area contributed by atoms with Crippen LogP contribution in [0.2, 0.25) is 0 Å². The van der Waals surface area contributed by atoms with E-state index in [9.17, 15) is 4.79 Å². The van der Waals surface area contributed by atoms with Crippen LogP contribution in [0.25, 0.3) is 0 Å². The van der Waals surface area contributed by atoms with Gasteiger partial charge in [-0.1, -0.05) is 5.16 Å². The molecule has 1 aromatic carbocycles. The van der Waals surface area contributed by atoms with Gasteiger partial charge in [-0.05, 0) is 32.0 Å². The van der Waals surface area contributed by atoms with E-state index >= 15 is 0 Å². The van der Waals surface area contributed by atoms with Crippen molar-refractivity contribution in [1.82, 2.24) is 5.32 Å². The molecule has 0 fully saturated rings. The first-order chi connectivity index (χ1) is 9.35. The minimum atomic E-state index is -1.00. The highest BCUT2D eigenvalue weighted by Gasteiger charge is 2.27. The number of carbonyl (C=O) groups is 1. The third-order valence-electron chi connectivity index (χ3n) is 2.83. The monoisotopic (exact) mass is 281 g/mol. The molecule has 0 spiro atoms. The van der Waals surface area contributed by atoms with Crippen molar-refractivity contribution in [3.63, 3.8) is 0 Å². The van der Waals surface area contributed by atoms with Crippen molar-refractivity contribution < 1.29 is 19.5 Å². The number of nitrogens with one attached hydrogen (secondary N) is 1. The molecule has 110 valence electrons. The first kappa shape index (κ1) is 15.6. The molecule has 0 aromatic heterocycles. The molecule has 0 saturated heterocycles. The molecule has 1 rings (SSSR count). The van der Waals surface area contributed by atoms with Gasteiger partial charge in [0.05, 0.1) is 25.3 Å². The molecule has 20 heavy (non-hydrogen) atoms. The van der Waals surface area contributed by atoms with Crippen LogP contribution in [0.4, 0.5) is 0 Å². The van der Waals surface area contributed by atoms with Crippen LogP contribution in [0.1, 0.15) is 24.2 Å². The highest BCUT2D eigenvalue weighted by atomic mass is 16.5. The maximum absolute atomic E-state index is 12.3. The summed E-state index contributed by atoms with van der Waals surface area (Å²) in [7, 11) is 2.97. The molecule has 0 aliphatic heterocycles. The maximum atomic E-state index is 12.3. The molecule has 7 nitrogen and oxygen atoms in total. The van der Waals surface area contributed by atoms with Gasteiger partial charge in [0.25, 0.3) is 5.91 Å². The van der Waals surface area contributed by atoms with Gasteiger partial charge >= 0.3 is 0 Å². The van der Waals surface area contributed by atoms with Crippen LogP contribution in [-0.4, -0.2) is 36.7 Å². The largest absolute Gasteiger partial charge is 0.497 e. The molecule has 0 aliphatic rings. The van der Waals surface area contributed by atoms with E-state index in [0.717, 1.165) is 0 Å². The third-order valence-corrected chi connectivity index (χ3v) is 2.83. The summed E-state index contributed by atoms with van der Waals surface area (Å²) in [6.07, 6.45) is 0. The molecule has 7 heteroatoms. The Morgan fingerprint density at radius 2 is 2.00 bits per heavy atom. The Kier molecular flexibility index (Phi) is 4.79. The van der Waals surface area contributed by atoms with Gasteiger partial charge in [0.1, 0.15) is 11.5 Å². The van der Waals surface area contributed by atoms with Crippen molar-refractivity contribution in [3.05, 3.63) is 23.8 Å². The van der Waals surface area contributed by atoms with Gasteiger partial charge in [-0.2, -0.15) is 0 Å². The Hall–Kier alpha value is -2.44. The van der Waals surface area contributed by atoms with Crippen LogP contribution in [0, 0.1) is 0 Å². The maximum Gasteiger partial charge on any atom is 0.255 e. The highest BCUT2D eigenvalue weighted by molar-refractivity contribution is 6.01. The number of benzene rings is 1. The van der Waals surface area contributed by atoms with E-state index in [4.69, 9.17) is 20.4 Å². The highest BCUT2D eigenvalue weighted by Crippen LogP contribution is 2.24. The van der Waals surface area contributed by atoms with Gasteiger partial charge in [-0.3, -0.25) is 4.79 Å². The summed E-state index contributed by atoms with van der Waals surface area (Å²) < 4.78 is 10.2. The van der Waals surface area contributed by atoms with E-state index in [-0.39, 0.29) is 5.84 Å². The van der Waals surface area contributed by atoms with Crippen molar-refractivity contribution in [2.75, 3.05) is 14.2 Å². The number of rotatable bonds is 5. The number of hydrogen-bond acceptors (Lipinski definition) is 5. The number of carbonyl (C=O) groups excluding carboxylic acids is 1. The third kappa shape index (κ3) is 3.31. The van der Waals surface area contributed by atoms with Crippen LogP contribution in [0.15, 0.2) is 23.4 Å². The number of amidine groups is 1. The predicted molar refractivity (Wildman–Crippen MR) is 74.5 cm³/mol. The first-order valence-electron chi connectivity index (χ1n) is 5.88. The molecule has 1 aromatic rings. The fourth-order valence-electron chi connectivity index (χ4n) is 1.53. The molecule has 0 heterocycles. The van der Waals surface area contributed by atoms with Crippen molar-refractivity contribution >= 4 is 11.7 Å². The number of amides is 1. The number of ether oxygens (including phenoxy) is 2. The molecule has 0 unspecified atom stereocenters. The molecule has 0 radical (unpaired) electrons. The zero-order valence-corrected chi connectivity index (χ0v) is 11.9. The lowest BCUT2D eigenvalue weighted by molar-refractivity contribution is 0.0927. The lowest BCUT2D eigenvalue weighted by Gasteiger charge is -2.25. The minimum Gasteiger partial charge on any atom is -0.497 e. The molecular weight excluding hydrogens is 262 g/mol. The van der Waals surface area contributed by atoms with Gasteiger partial charge in [0.15, 0.2) is 5.84 Å². The van der Waals surface area contributed by atoms with E-state index in [1.54, 1.807) is 32.0 Å². The number of nitrogens with two attached hydrogens (primary N) is 1. The number of oxime groups is 1. The van der Waals surface area contributed by atoms with Crippen LogP contribution in [-0.2, 0) is 0 Å². The van der Waals surface area contributed by atoms with Gasteiger partial charge in [-0.25, -0.2) is 0 Å². The summed E-state index contributed by atoms with van der Waals surface area (Å²) in [5, 5.41) is 14.3. The second-order valence-electron chi connectivity index (χ2n) is 4.63. The van der Waals surface area contributed by atoms with E-state index in [0.29, 0.717) is 17.1 Å². The lowest BCUT2D eigenvalue weighted by atomic mass is 10.0. The lowest BCUT2D eigenvalue weighted by Crippen LogP contribution is -2.53. The second kappa shape index (κ2) is 6.14. The fraction of sp³-hybridized carbons (Fsp3) is 0.385. The Morgan fingerprint density at radius 3 is 2.50 bits per heavy atom. The van der Waals surface area contributed by atoms with Gasteiger partial charge in [-0.15, -0.1) is 0 Å². The van der Waals surface area contributed by atoms with Crippen LogP contribution < -0.4 is 20.5 Å². The molecule has 1 amide bonds. The smallest absolute Gasteiger partial charge is 0.255 e. The van der Waals surface area contributed by atoms with Crippen LogP contribution >= 0.6 is 0 Å². The second-order valence-corrected chi connectivity index (χ2v) is 4.63. The molecule has 4 N–H and O–H groups in total. The van der Waals surface area contributed by atoms with E-state index < -0.39 is 11.4 Å². The molecule has 0 aliphatic carbocycles. The summed E-state index contributed by atoms with van der Waals surface area (Å²) in [6.45, 7) is 3.24. The average Bonchev–Trinajstić information content (AvgIpc) is 2.44. The quantitative estimate of drug-likeness (QED) is 0.322. The predicted octanol–water partition coefficient (Wildman–Crippen LogP) is 0.959. The van der Waals surface area contributed by atoms with E-state index in [2.05, 4.69) is 10.5 Å². The average molecular weight is 281 g/mol. The van der Waals surface area contributed by atoms with E-state index in [1.807, 2.05) is 0 Å². The van der Waals surface area contributed by atoms with Gasteiger partial charge in [0, 0.05) is 0 Å². The summed E-state index contributed by atoms with van der Waals surface area (Å²) in [5.74, 6) is 0.404. The first-order valence-corrected chi connectivity index (χ1v) is 5.88. The summed E-state index contributed by atoms with van der Waals surface area (Å²) in [6, 6.07) is 4.87. The van der Waals surface area contributed by atoms with Crippen LogP contribution in [0.5, 0.6) is 11.5 Å². The molecule has 0 saturated carbocycles. The van der Waals surface area contributed by atoms with Crippen LogP contribution in [0.3, 0.4) is 0 Å². The standard InChI is InChI=1S/C13H19N3O4/c1-13(2,12(14)16-18)15-11(17)9-7-8(19-3)5-6-10(9)20-4/h5-7,18H,1-4H3,(H2,14,16)(H,15,17). The van der Waals surface area contributed by atoms with Crippen molar-refractivity contribution in [2.45, 2.75) is 19.4 Å². The Bertz CT molecular complexity index is 526. The fourth-order valence-corrected chi connectivity index (χ4v) is 1.53. The Balaban J connectivity index is 3.08. The van der Waals surface area contributed by atoms with Crippen molar-refractivity contribution in [1.29, 1.82) is 0 Å². The van der Waals surface area contributed by atoms with Gasteiger partial charge < -0.3 is 25.7 Å². The van der Waals surface area contributed by atoms with Crippen molar-refractivity contribution in [3.8, 4) is 11.5 Å². The zero-order valence-electron chi connectivity index (χ0n) is 11.9. The molecule has 0 bridgehead atoms. The number of methoxy groups -OCH3 is 2. The zero-order chi connectivity index (χ0) is 15.3. The summed E-state index contributed by atoms with van der Waals surface area (Å²) in [4.78, 5) is 12.3. The normalized spacial score (nSPS) is 11.9. The SMILES string of the molecule is COc1ccc(OC)c(C(=O)NC(C)(C)C(N)=NO)c1. The molecular formula is C13H19N3O4. The minimum absolute atomic E-state index is 0.104. The van der Waals surface area contributed by atoms with E-state index in [1.165, 1.54) is 14.2 Å². The van der Waals surface area contributed by atoms with Crippen molar-refractivity contribution in [2.24, 2.45) is 10.9 Å². The summed E-state index contributed by atoms with van der Waals surface area (Å²) >= 11 is 0. The number of hydrogen-bond donors (Lipinski definition) is 3. The Morgan fingerprint density at radius 1 is 1.35 bits per heavy atom. The summed E-state index contributed by atoms with van der Waals surface area (Å²) in [5.41, 5.74) is 4.83. The molecule has 0 atom stereocenters.